The zero-order valence-corrected chi connectivity index (χ0v) is 31.6. The Morgan fingerprint density at radius 3 is 2.55 bits per heavy atom. The van der Waals surface area contributed by atoms with Gasteiger partial charge in [0.25, 0.3) is 5.91 Å². The number of aliphatic hydroxyl groups excluding tert-OH is 1. The molecule has 12 heteroatoms. The normalized spacial score (nSPS) is 26.6. The highest BCUT2D eigenvalue weighted by molar-refractivity contribution is 9.09. The van der Waals surface area contributed by atoms with E-state index in [-0.39, 0.29) is 43.3 Å². The molecular formula is C39H47BrClN3O7. The number of ether oxygens (including phenoxy) is 2. The second-order valence-corrected chi connectivity index (χ2v) is 15.3. The number of carbonyl (C=O) groups excluding carboxylic acids is 4. The summed E-state index contributed by atoms with van der Waals surface area (Å²) < 4.78 is 12.3. The van der Waals surface area contributed by atoms with Crippen LogP contribution in [0, 0.1) is 24.7 Å². The Bertz CT molecular complexity index is 1620. The molecule has 0 aromatic heterocycles. The molecule has 10 nitrogen and oxygen atoms in total. The summed E-state index contributed by atoms with van der Waals surface area (Å²) in [5, 5.41) is 14.2. The number of carbonyl (C=O) groups is 4. The first-order valence-corrected chi connectivity index (χ1v) is 18.8. The Balaban J connectivity index is 1.56. The maximum absolute atomic E-state index is 15.1. The summed E-state index contributed by atoms with van der Waals surface area (Å²) in [6, 6.07) is 11.9. The minimum atomic E-state index is -1.39. The largest absolute Gasteiger partial charge is 0.463 e. The van der Waals surface area contributed by atoms with E-state index in [1.54, 1.807) is 24.3 Å². The van der Waals surface area contributed by atoms with Crippen LogP contribution in [0.4, 0.5) is 5.69 Å². The first-order valence-electron chi connectivity index (χ1n) is 17.5. The van der Waals surface area contributed by atoms with E-state index < -0.39 is 65.4 Å². The Hall–Kier alpha value is -3.51. The van der Waals surface area contributed by atoms with Crippen LogP contribution in [0.2, 0.25) is 5.02 Å². The lowest BCUT2D eigenvalue weighted by Crippen LogP contribution is -2.60. The number of nitrogens with zero attached hydrogens (tertiary/aromatic N) is 2. The van der Waals surface area contributed by atoms with Gasteiger partial charge in [-0.05, 0) is 42.9 Å². The number of hydrogen-bond acceptors (Lipinski definition) is 7. The van der Waals surface area contributed by atoms with Crippen molar-refractivity contribution in [2.24, 2.45) is 17.8 Å². The topological polar surface area (TPSA) is 125 Å². The Morgan fingerprint density at radius 1 is 1.20 bits per heavy atom. The highest BCUT2D eigenvalue weighted by Crippen LogP contribution is 2.61. The number of amides is 3. The van der Waals surface area contributed by atoms with Gasteiger partial charge < -0.3 is 29.7 Å². The fraction of sp³-hybridized carbons (Fsp3) is 0.487. The van der Waals surface area contributed by atoms with Crippen LogP contribution in [-0.4, -0.2) is 82.1 Å². The number of aryl methyl sites for hydroxylation is 1. The number of fused-ring (bicyclic) bond motifs is 1. The number of nitrogens with one attached hydrogen (secondary N) is 1. The molecule has 51 heavy (non-hydrogen) atoms. The number of allylic oxidation sites excluding steroid dienone is 1. The summed E-state index contributed by atoms with van der Waals surface area (Å²) in [5.41, 5.74) is 0.582. The van der Waals surface area contributed by atoms with Crippen LogP contribution >= 0.6 is 27.5 Å². The number of rotatable bonds is 16. The second-order valence-electron chi connectivity index (χ2n) is 13.7. The zero-order valence-electron chi connectivity index (χ0n) is 29.3. The highest BCUT2D eigenvalue weighted by atomic mass is 79.9. The third kappa shape index (κ3) is 7.27. The number of para-hydroxylation sites is 1. The predicted octanol–water partition coefficient (Wildman–Crippen LogP) is 5.69. The van der Waals surface area contributed by atoms with Crippen LogP contribution in [0.15, 0.2) is 73.8 Å². The predicted molar refractivity (Wildman–Crippen MR) is 199 cm³/mol. The van der Waals surface area contributed by atoms with Crippen LogP contribution in [0.1, 0.15) is 56.7 Å². The first-order chi connectivity index (χ1) is 24.4. The molecule has 2 aromatic carbocycles. The third-order valence-corrected chi connectivity index (χ3v) is 11.8. The second kappa shape index (κ2) is 16.4. The van der Waals surface area contributed by atoms with Crippen molar-refractivity contribution in [3.8, 4) is 0 Å². The van der Waals surface area contributed by atoms with Gasteiger partial charge in [0.05, 0.1) is 47.3 Å². The molecule has 1 spiro atoms. The Morgan fingerprint density at radius 2 is 1.92 bits per heavy atom. The van der Waals surface area contributed by atoms with Gasteiger partial charge in [0.2, 0.25) is 11.8 Å². The van der Waals surface area contributed by atoms with Gasteiger partial charge in [-0.25, -0.2) is 0 Å². The van der Waals surface area contributed by atoms with Crippen molar-refractivity contribution >= 4 is 56.9 Å². The van der Waals surface area contributed by atoms with Crippen molar-refractivity contribution in [2.45, 2.75) is 81.1 Å². The van der Waals surface area contributed by atoms with Gasteiger partial charge >= 0.3 is 5.97 Å². The van der Waals surface area contributed by atoms with Gasteiger partial charge in [0.15, 0.2) is 0 Å². The number of likely N-dealkylation sites (tertiary alicyclic amines) is 1. The first kappa shape index (κ1) is 38.7. The SMILES string of the molecule is C=CCCC(=O)OC[C@H](NC(=O)[C@@H]1[C@H]2O[C@@]3(CC2Br)[C@H](C(=O)N(CC=C)c2c(C)cccc2Cl)N([C@@H](CO)[C@@H](C)CC)C(=O)[C@@H]13)c1ccccc1. The smallest absolute Gasteiger partial charge is 0.306 e. The lowest BCUT2D eigenvalue weighted by Gasteiger charge is -2.41. The van der Waals surface area contributed by atoms with E-state index in [1.807, 2.05) is 57.2 Å². The van der Waals surface area contributed by atoms with E-state index in [2.05, 4.69) is 34.4 Å². The van der Waals surface area contributed by atoms with E-state index >= 15 is 4.79 Å². The number of esters is 1. The highest BCUT2D eigenvalue weighted by Gasteiger charge is 2.77. The average Bonchev–Trinajstić information content (AvgIpc) is 3.72. The average molecular weight is 785 g/mol. The molecule has 0 saturated carbocycles. The van der Waals surface area contributed by atoms with Gasteiger partial charge in [0.1, 0.15) is 18.2 Å². The van der Waals surface area contributed by atoms with Crippen molar-refractivity contribution in [1.82, 2.24) is 10.2 Å². The summed E-state index contributed by atoms with van der Waals surface area (Å²) >= 11 is 10.5. The summed E-state index contributed by atoms with van der Waals surface area (Å²) in [6.07, 6.45) is 4.04. The van der Waals surface area contributed by atoms with Crippen molar-refractivity contribution < 1.29 is 33.8 Å². The molecule has 1 unspecified atom stereocenters. The lowest BCUT2D eigenvalue weighted by molar-refractivity contribution is -0.147. The monoisotopic (exact) mass is 783 g/mol. The van der Waals surface area contributed by atoms with Crippen molar-refractivity contribution in [3.63, 3.8) is 0 Å². The van der Waals surface area contributed by atoms with Crippen LogP contribution < -0.4 is 10.2 Å². The van der Waals surface area contributed by atoms with Gasteiger partial charge in [-0.15, -0.1) is 13.2 Å². The number of alkyl halides is 1. The number of anilines is 1. The molecular weight excluding hydrogens is 738 g/mol. The molecule has 0 aliphatic carbocycles. The molecule has 3 fully saturated rings. The van der Waals surface area contributed by atoms with Crippen molar-refractivity contribution in [2.75, 3.05) is 24.7 Å². The molecule has 2 aromatic rings. The van der Waals surface area contributed by atoms with Gasteiger partial charge in [-0.2, -0.15) is 0 Å². The number of halogens is 2. The van der Waals surface area contributed by atoms with Crippen LogP contribution in [-0.2, 0) is 28.7 Å². The molecule has 2 bridgehead atoms. The Labute approximate surface area is 313 Å². The molecule has 3 aliphatic heterocycles. The Kier molecular flexibility index (Phi) is 12.5. The molecule has 3 saturated heterocycles. The van der Waals surface area contributed by atoms with Crippen molar-refractivity contribution in [1.29, 1.82) is 0 Å². The summed E-state index contributed by atoms with van der Waals surface area (Å²) in [5.74, 6) is -3.91. The molecule has 3 aliphatic rings. The summed E-state index contributed by atoms with van der Waals surface area (Å²) in [4.78, 5) is 59.6. The molecule has 0 radical (unpaired) electrons. The maximum Gasteiger partial charge on any atom is 0.306 e. The maximum atomic E-state index is 15.1. The number of hydrogen-bond donors (Lipinski definition) is 2. The number of benzene rings is 2. The molecule has 274 valence electrons. The van der Waals surface area contributed by atoms with E-state index in [1.165, 1.54) is 9.80 Å². The van der Waals surface area contributed by atoms with E-state index in [0.717, 1.165) is 11.1 Å². The lowest BCUT2D eigenvalue weighted by atomic mass is 9.70. The number of aliphatic hydroxyl groups is 1. The molecule has 3 heterocycles. The molecule has 2 N–H and O–H groups in total. The van der Waals surface area contributed by atoms with Crippen molar-refractivity contribution in [3.05, 3.63) is 90.0 Å². The minimum Gasteiger partial charge on any atom is -0.463 e. The summed E-state index contributed by atoms with van der Waals surface area (Å²) in [6.45, 7) is 12.9. The summed E-state index contributed by atoms with van der Waals surface area (Å²) in [7, 11) is 0. The standard InChI is InChI=1S/C39H47BrClN3O7/c1-6-9-18-30(46)50-22-28(25-15-11-10-12-16-25)42-36(47)31-32-37(48)44(29(21-45)23(4)8-3)35(39(32)20-26(40)34(31)51-39)38(49)43(19-7-2)33-24(5)14-13-17-27(33)41/h6-7,10-17,23,26,28-29,31-32,34-35,45H,1-2,8-9,18-22H2,3-5H3,(H,42,47)/t23-,26?,28-,29-,31-,32+,34-,35-,39+/m0/s1. The fourth-order valence-electron chi connectivity index (χ4n) is 7.99. The quantitative estimate of drug-likeness (QED) is 0.127. The van der Waals surface area contributed by atoms with E-state index in [9.17, 15) is 19.5 Å². The fourth-order valence-corrected chi connectivity index (χ4v) is 9.26. The zero-order chi connectivity index (χ0) is 37.0. The van der Waals surface area contributed by atoms with Crippen LogP contribution in [0.3, 0.4) is 0 Å². The van der Waals surface area contributed by atoms with Gasteiger partial charge in [-0.3, -0.25) is 19.2 Å². The van der Waals surface area contributed by atoms with Crippen LogP contribution in [0.25, 0.3) is 0 Å². The minimum absolute atomic E-state index is 0.102. The van der Waals surface area contributed by atoms with Crippen LogP contribution in [0.5, 0.6) is 0 Å². The van der Waals surface area contributed by atoms with E-state index in [4.69, 9.17) is 21.1 Å². The molecule has 9 atom stereocenters. The molecule has 5 rings (SSSR count). The van der Waals surface area contributed by atoms with Gasteiger partial charge in [0, 0.05) is 17.8 Å². The molecule has 3 amide bonds. The third-order valence-electron chi connectivity index (χ3n) is 10.6. The van der Waals surface area contributed by atoms with E-state index in [0.29, 0.717) is 23.6 Å². The van der Waals surface area contributed by atoms with Gasteiger partial charge in [-0.1, -0.05) is 102 Å².